The number of nitrogens with one attached hydrogen (secondary N) is 1. The summed E-state index contributed by atoms with van der Waals surface area (Å²) in [5.74, 6) is -0.537. The van der Waals surface area contributed by atoms with Gasteiger partial charge in [-0.3, -0.25) is 9.69 Å². The van der Waals surface area contributed by atoms with Gasteiger partial charge in [-0.2, -0.15) is 13.2 Å². The SMILES string of the molecule is O=C(CN1CCN(c2ccccn2)CC1)N[C@@H]1CCC[C@H](C(F)(F)F)C1. The second-order valence-corrected chi connectivity index (χ2v) is 7.12. The molecule has 0 unspecified atom stereocenters. The first-order valence-electron chi connectivity index (χ1n) is 9.16. The van der Waals surface area contributed by atoms with Gasteiger partial charge in [0.2, 0.25) is 5.91 Å². The normalized spacial score (nSPS) is 25.1. The first kappa shape index (κ1) is 18.9. The molecule has 0 spiro atoms. The van der Waals surface area contributed by atoms with Crippen LogP contribution < -0.4 is 10.2 Å². The Morgan fingerprint density at radius 2 is 1.96 bits per heavy atom. The van der Waals surface area contributed by atoms with Gasteiger partial charge < -0.3 is 10.2 Å². The molecule has 1 amide bonds. The number of aromatic nitrogens is 1. The average Bonchev–Trinajstić information content (AvgIpc) is 2.62. The van der Waals surface area contributed by atoms with Crippen molar-refractivity contribution >= 4 is 11.7 Å². The van der Waals surface area contributed by atoms with Crippen LogP contribution in [0.4, 0.5) is 19.0 Å². The maximum Gasteiger partial charge on any atom is 0.391 e. The minimum Gasteiger partial charge on any atom is -0.354 e. The number of anilines is 1. The lowest BCUT2D eigenvalue weighted by Crippen LogP contribution is -2.51. The number of rotatable bonds is 4. The largest absolute Gasteiger partial charge is 0.391 e. The maximum absolute atomic E-state index is 12.9. The van der Waals surface area contributed by atoms with E-state index in [1.54, 1.807) is 6.20 Å². The van der Waals surface area contributed by atoms with Crippen LogP contribution in [0.2, 0.25) is 0 Å². The monoisotopic (exact) mass is 370 g/mol. The number of pyridine rings is 1. The van der Waals surface area contributed by atoms with Crippen LogP contribution in [0.5, 0.6) is 0 Å². The van der Waals surface area contributed by atoms with E-state index in [1.165, 1.54) is 0 Å². The zero-order valence-corrected chi connectivity index (χ0v) is 14.7. The summed E-state index contributed by atoms with van der Waals surface area (Å²) in [5, 5.41) is 2.80. The Balaban J connectivity index is 1.42. The van der Waals surface area contributed by atoms with Crippen LogP contribution in [0.25, 0.3) is 0 Å². The zero-order chi connectivity index (χ0) is 18.6. The average molecular weight is 370 g/mol. The molecule has 1 aromatic rings. The van der Waals surface area contributed by atoms with Crippen molar-refractivity contribution in [2.75, 3.05) is 37.6 Å². The van der Waals surface area contributed by atoms with E-state index in [-0.39, 0.29) is 31.3 Å². The van der Waals surface area contributed by atoms with Gasteiger partial charge in [0.15, 0.2) is 0 Å². The number of hydrogen-bond donors (Lipinski definition) is 1. The molecule has 2 aliphatic rings. The van der Waals surface area contributed by atoms with Crippen LogP contribution in [-0.2, 0) is 4.79 Å². The maximum atomic E-state index is 12.9. The highest BCUT2D eigenvalue weighted by atomic mass is 19.4. The molecule has 2 atom stereocenters. The van der Waals surface area contributed by atoms with Crippen LogP contribution >= 0.6 is 0 Å². The van der Waals surface area contributed by atoms with Gasteiger partial charge in [-0.05, 0) is 31.4 Å². The minimum atomic E-state index is -4.16. The molecule has 2 heterocycles. The highest BCUT2D eigenvalue weighted by molar-refractivity contribution is 5.78. The van der Waals surface area contributed by atoms with Crippen molar-refractivity contribution in [2.24, 2.45) is 5.92 Å². The van der Waals surface area contributed by atoms with Crippen LogP contribution in [0.3, 0.4) is 0 Å². The molecule has 1 saturated heterocycles. The Kier molecular flexibility index (Phi) is 6.01. The number of halogens is 3. The van der Waals surface area contributed by atoms with Gasteiger partial charge in [0, 0.05) is 38.4 Å². The van der Waals surface area contributed by atoms with Crippen LogP contribution in [0, 0.1) is 5.92 Å². The molecule has 1 aromatic heterocycles. The highest BCUT2D eigenvalue weighted by Crippen LogP contribution is 2.37. The summed E-state index contributed by atoms with van der Waals surface area (Å²) in [6.45, 7) is 3.27. The topological polar surface area (TPSA) is 48.5 Å². The van der Waals surface area contributed by atoms with Gasteiger partial charge in [0.25, 0.3) is 0 Å². The van der Waals surface area contributed by atoms with E-state index in [0.717, 1.165) is 32.0 Å². The Morgan fingerprint density at radius 1 is 1.19 bits per heavy atom. The molecule has 2 fully saturated rings. The quantitative estimate of drug-likeness (QED) is 0.885. The summed E-state index contributed by atoms with van der Waals surface area (Å²) >= 11 is 0. The molecule has 1 aliphatic carbocycles. The second-order valence-electron chi connectivity index (χ2n) is 7.12. The Labute approximate surface area is 151 Å². The molecule has 144 valence electrons. The Hall–Kier alpha value is -1.83. The molecule has 1 N–H and O–H groups in total. The van der Waals surface area contributed by atoms with Crippen LogP contribution in [0.1, 0.15) is 25.7 Å². The number of carbonyl (C=O) groups is 1. The Morgan fingerprint density at radius 3 is 2.62 bits per heavy atom. The number of hydrogen-bond acceptors (Lipinski definition) is 4. The summed E-state index contributed by atoms with van der Waals surface area (Å²) in [5.41, 5.74) is 0. The molecule has 0 aromatic carbocycles. The molecule has 1 aliphatic heterocycles. The van der Waals surface area contributed by atoms with E-state index in [4.69, 9.17) is 0 Å². The molecule has 1 saturated carbocycles. The van der Waals surface area contributed by atoms with E-state index >= 15 is 0 Å². The van der Waals surface area contributed by atoms with Crippen molar-refractivity contribution in [3.05, 3.63) is 24.4 Å². The second kappa shape index (κ2) is 8.24. The summed E-state index contributed by atoms with van der Waals surface area (Å²) in [7, 11) is 0. The molecule has 0 radical (unpaired) electrons. The molecule has 0 bridgehead atoms. The molecule has 5 nitrogen and oxygen atoms in total. The zero-order valence-electron chi connectivity index (χ0n) is 14.7. The summed E-state index contributed by atoms with van der Waals surface area (Å²) in [6.07, 6.45) is -1.09. The standard InChI is InChI=1S/C18H25F3N4O/c19-18(20,21)14-4-3-5-15(12-14)23-17(26)13-24-8-10-25(11-9-24)16-6-1-2-7-22-16/h1-2,6-7,14-15H,3-5,8-13H2,(H,23,26)/t14-,15+/m0/s1. The fourth-order valence-corrected chi connectivity index (χ4v) is 3.77. The lowest BCUT2D eigenvalue weighted by molar-refractivity contribution is -0.184. The van der Waals surface area contributed by atoms with Crippen molar-refractivity contribution in [1.82, 2.24) is 15.2 Å². The number of carbonyl (C=O) groups excluding carboxylic acids is 1. The minimum absolute atomic E-state index is 0.00267. The van der Waals surface area contributed by atoms with E-state index in [0.29, 0.717) is 12.8 Å². The summed E-state index contributed by atoms with van der Waals surface area (Å²) in [4.78, 5) is 20.8. The van der Waals surface area contributed by atoms with Gasteiger partial charge in [-0.25, -0.2) is 4.98 Å². The predicted octanol–water partition coefficient (Wildman–Crippen LogP) is 2.44. The first-order valence-corrected chi connectivity index (χ1v) is 9.16. The molecule has 3 rings (SSSR count). The lowest BCUT2D eigenvalue weighted by Gasteiger charge is -2.35. The molecular formula is C18H25F3N4O. The number of piperazine rings is 1. The van der Waals surface area contributed by atoms with E-state index in [1.807, 2.05) is 23.1 Å². The van der Waals surface area contributed by atoms with Crippen LogP contribution in [-0.4, -0.2) is 60.7 Å². The molecular weight excluding hydrogens is 345 g/mol. The third kappa shape index (κ3) is 5.09. The number of nitrogens with zero attached hydrogens (tertiary/aromatic N) is 3. The third-order valence-corrected chi connectivity index (χ3v) is 5.22. The Bertz CT molecular complexity index is 588. The van der Waals surface area contributed by atoms with E-state index in [9.17, 15) is 18.0 Å². The number of alkyl halides is 3. The molecule has 26 heavy (non-hydrogen) atoms. The smallest absolute Gasteiger partial charge is 0.354 e. The fraction of sp³-hybridized carbons (Fsp3) is 0.667. The predicted molar refractivity (Wildman–Crippen MR) is 92.8 cm³/mol. The number of amides is 1. The lowest BCUT2D eigenvalue weighted by atomic mass is 9.85. The summed E-state index contributed by atoms with van der Waals surface area (Å²) < 4.78 is 38.6. The van der Waals surface area contributed by atoms with Crippen molar-refractivity contribution in [3.8, 4) is 0 Å². The van der Waals surface area contributed by atoms with Gasteiger partial charge in [0.1, 0.15) is 5.82 Å². The van der Waals surface area contributed by atoms with Gasteiger partial charge in [-0.1, -0.05) is 12.5 Å². The van der Waals surface area contributed by atoms with E-state index < -0.39 is 12.1 Å². The van der Waals surface area contributed by atoms with Crippen LogP contribution in [0.15, 0.2) is 24.4 Å². The van der Waals surface area contributed by atoms with E-state index in [2.05, 4.69) is 15.2 Å². The molecule has 8 heteroatoms. The van der Waals surface area contributed by atoms with Crippen molar-refractivity contribution < 1.29 is 18.0 Å². The fourth-order valence-electron chi connectivity index (χ4n) is 3.77. The highest BCUT2D eigenvalue weighted by Gasteiger charge is 2.42. The third-order valence-electron chi connectivity index (χ3n) is 5.22. The van der Waals surface area contributed by atoms with Gasteiger partial charge >= 0.3 is 6.18 Å². The first-order chi connectivity index (χ1) is 12.4. The van der Waals surface area contributed by atoms with Crippen molar-refractivity contribution in [2.45, 2.75) is 37.9 Å². The van der Waals surface area contributed by atoms with Crippen molar-refractivity contribution in [3.63, 3.8) is 0 Å². The van der Waals surface area contributed by atoms with Gasteiger partial charge in [0.05, 0.1) is 12.5 Å². The van der Waals surface area contributed by atoms with Crippen molar-refractivity contribution in [1.29, 1.82) is 0 Å². The van der Waals surface area contributed by atoms with Gasteiger partial charge in [-0.15, -0.1) is 0 Å². The summed E-state index contributed by atoms with van der Waals surface area (Å²) in [6, 6.07) is 5.42.